The Morgan fingerprint density at radius 2 is 1.58 bits per heavy atom. The van der Waals surface area contributed by atoms with E-state index in [1.54, 1.807) is 0 Å². The van der Waals surface area contributed by atoms with Crippen LogP contribution in [-0.2, 0) is 0 Å². The molecule has 1 N–H and O–H groups in total. The molecule has 5 aliphatic carbocycles. The van der Waals surface area contributed by atoms with Crippen molar-refractivity contribution in [2.24, 2.45) is 56.7 Å². The molecule has 0 bridgehead atoms. The Bertz CT molecular complexity index is 766. The van der Waals surface area contributed by atoms with Gasteiger partial charge in [-0.15, -0.1) is 0 Å². The summed E-state index contributed by atoms with van der Waals surface area (Å²) in [4.78, 5) is 0. The molecule has 0 heterocycles. The summed E-state index contributed by atoms with van der Waals surface area (Å²) >= 11 is 0. The zero-order valence-electron chi connectivity index (χ0n) is 21.7. The van der Waals surface area contributed by atoms with Gasteiger partial charge in [0.1, 0.15) is 0 Å². The molecule has 0 aromatic rings. The molecular formula is C30H50O. The minimum Gasteiger partial charge on any atom is -0.396 e. The van der Waals surface area contributed by atoms with Gasteiger partial charge in [-0.2, -0.15) is 0 Å². The van der Waals surface area contributed by atoms with Crippen LogP contribution in [-0.4, -0.2) is 11.7 Å². The lowest BCUT2D eigenvalue weighted by Crippen LogP contribution is -2.61. The van der Waals surface area contributed by atoms with Crippen LogP contribution in [0.15, 0.2) is 11.6 Å². The van der Waals surface area contributed by atoms with E-state index in [9.17, 15) is 5.11 Å². The molecule has 0 radical (unpaired) electrons. The highest BCUT2D eigenvalue weighted by atomic mass is 16.3. The van der Waals surface area contributed by atoms with Crippen molar-refractivity contribution in [3.8, 4) is 0 Å². The van der Waals surface area contributed by atoms with Crippen molar-refractivity contribution in [3.63, 3.8) is 0 Å². The number of rotatable bonds is 2. The second-order valence-electron chi connectivity index (χ2n) is 14.5. The normalized spacial score (nSPS) is 56.4. The van der Waals surface area contributed by atoms with E-state index in [4.69, 9.17) is 0 Å². The van der Waals surface area contributed by atoms with Gasteiger partial charge in [-0.3, -0.25) is 0 Å². The summed E-state index contributed by atoms with van der Waals surface area (Å²) in [5.41, 5.74) is 3.74. The molecule has 0 aliphatic heterocycles. The Morgan fingerprint density at radius 1 is 0.871 bits per heavy atom. The first-order chi connectivity index (χ1) is 14.5. The number of hydrogen-bond acceptors (Lipinski definition) is 1. The Kier molecular flexibility index (Phi) is 4.98. The second kappa shape index (κ2) is 6.86. The first kappa shape index (κ1) is 22.5. The lowest BCUT2D eigenvalue weighted by atomic mass is 9.36. The van der Waals surface area contributed by atoms with E-state index in [1.807, 2.05) is 5.57 Å². The molecule has 0 spiro atoms. The largest absolute Gasteiger partial charge is 0.396 e. The molecule has 9 atom stereocenters. The highest BCUT2D eigenvalue weighted by molar-refractivity contribution is 5.33. The third-order valence-corrected chi connectivity index (χ3v) is 13.2. The van der Waals surface area contributed by atoms with Crippen LogP contribution in [0.4, 0.5) is 0 Å². The topological polar surface area (TPSA) is 20.2 Å². The first-order valence-electron chi connectivity index (χ1n) is 13.8. The third kappa shape index (κ3) is 2.65. The lowest BCUT2D eigenvalue weighted by Gasteiger charge is -2.69. The summed E-state index contributed by atoms with van der Waals surface area (Å²) in [7, 11) is 0. The van der Waals surface area contributed by atoms with Gasteiger partial charge in [-0.25, -0.2) is 0 Å². The number of fused-ring (bicyclic) bond motifs is 7. The molecule has 31 heavy (non-hydrogen) atoms. The maximum absolute atomic E-state index is 10.4. The summed E-state index contributed by atoms with van der Waals surface area (Å²) in [6.07, 6.45) is 16.4. The van der Waals surface area contributed by atoms with Gasteiger partial charge >= 0.3 is 0 Å². The molecule has 0 aromatic carbocycles. The molecule has 4 saturated carbocycles. The fraction of sp³-hybridized carbons (Fsp3) is 0.933. The molecule has 0 aromatic heterocycles. The van der Waals surface area contributed by atoms with Gasteiger partial charge in [0.2, 0.25) is 0 Å². The van der Waals surface area contributed by atoms with E-state index in [1.165, 1.54) is 64.2 Å². The average Bonchev–Trinajstić information content (AvgIpc) is 3.08. The van der Waals surface area contributed by atoms with Crippen LogP contribution in [0.1, 0.15) is 113 Å². The van der Waals surface area contributed by atoms with Crippen molar-refractivity contribution in [3.05, 3.63) is 11.6 Å². The van der Waals surface area contributed by atoms with Crippen LogP contribution >= 0.6 is 0 Å². The van der Waals surface area contributed by atoms with Crippen molar-refractivity contribution >= 4 is 0 Å². The summed E-state index contributed by atoms with van der Waals surface area (Å²) in [6, 6.07) is 0. The van der Waals surface area contributed by atoms with Crippen LogP contribution in [0, 0.1) is 56.7 Å². The van der Waals surface area contributed by atoms with E-state index in [-0.39, 0.29) is 5.41 Å². The SMILES string of the molecule is CC(C)C1CCC2C1(C)CCC1(C)C3CCC4C(C)(CO)CCCC4(C)C3=CCC21C. The number of aliphatic hydroxyl groups is 1. The average molecular weight is 427 g/mol. The van der Waals surface area contributed by atoms with Gasteiger partial charge < -0.3 is 5.11 Å². The number of allylic oxidation sites excluding steroid dienone is 2. The summed E-state index contributed by atoms with van der Waals surface area (Å²) in [5, 5.41) is 10.4. The minimum absolute atomic E-state index is 0.127. The van der Waals surface area contributed by atoms with Crippen molar-refractivity contribution in [1.82, 2.24) is 0 Å². The Morgan fingerprint density at radius 3 is 2.26 bits per heavy atom. The van der Waals surface area contributed by atoms with Crippen molar-refractivity contribution < 1.29 is 5.11 Å². The zero-order valence-corrected chi connectivity index (χ0v) is 21.7. The predicted molar refractivity (Wildman–Crippen MR) is 131 cm³/mol. The van der Waals surface area contributed by atoms with Crippen molar-refractivity contribution in [2.75, 3.05) is 6.61 Å². The highest BCUT2D eigenvalue weighted by Crippen LogP contribution is 2.76. The quantitative estimate of drug-likeness (QED) is 0.443. The van der Waals surface area contributed by atoms with Gasteiger partial charge in [-0.1, -0.05) is 66.5 Å². The summed E-state index contributed by atoms with van der Waals surface area (Å²) < 4.78 is 0. The molecule has 0 saturated heterocycles. The van der Waals surface area contributed by atoms with Crippen LogP contribution in [0.25, 0.3) is 0 Å². The minimum atomic E-state index is 0.127. The summed E-state index contributed by atoms with van der Waals surface area (Å²) in [6.45, 7) is 18.5. The van der Waals surface area contributed by atoms with E-state index < -0.39 is 0 Å². The van der Waals surface area contributed by atoms with E-state index in [2.05, 4.69) is 54.5 Å². The molecule has 9 unspecified atom stereocenters. The van der Waals surface area contributed by atoms with Crippen LogP contribution in [0.2, 0.25) is 0 Å². The van der Waals surface area contributed by atoms with Gasteiger partial charge in [0.05, 0.1) is 0 Å². The van der Waals surface area contributed by atoms with Gasteiger partial charge in [-0.05, 0) is 114 Å². The molecule has 176 valence electrons. The van der Waals surface area contributed by atoms with E-state index in [0.717, 1.165) is 23.7 Å². The maximum atomic E-state index is 10.4. The van der Waals surface area contributed by atoms with Crippen molar-refractivity contribution in [1.29, 1.82) is 0 Å². The molecule has 1 heteroatoms. The number of aliphatic hydroxyl groups excluding tert-OH is 1. The second-order valence-corrected chi connectivity index (χ2v) is 14.5. The lowest BCUT2D eigenvalue weighted by molar-refractivity contribution is -0.159. The smallest absolute Gasteiger partial charge is 0.0487 e. The molecule has 4 fully saturated rings. The monoisotopic (exact) mass is 426 g/mol. The van der Waals surface area contributed by atoms with Crippen LogP contribution in [0.3, 0.4) is 0 Å². The third-order valence-electron chi connectivity index (χ3n) is 13.2. The van der Waals surface area contributed by atoms with Gasteiger partial charge in [0.25, 0.3) is 0 Å². The molecule has 5 aliphatic rings. The predicted octanol–water partition coefficient (Wildman–Crippen LogP) is 8.03. The van der Waals surface area contributed by atoms with Crippen LogP contribution in [0.5, 0.6) is 0 Å². The fourth-order valence-corrected chi connectivity index (χ4v) is 11.3. The van der Waals surface area contributed by atoms with Gasteiger partial charge in [0.15, 0.2) is 0 Å². The first-order valence-corrected chi connectivity index (χ1v) is 13.8. The standard InChI is InChI=1S/C30H50O/c1-20(2)21-9-12-25-28(21,5)17-18-29(6)23-10-11-24-26(3,19-31)14-8-15-27(24,4)22(23)13-16-30(25,29)7/h13,20-21,23-25,31H,8-12,14-19H2,1-7H3. The highest BCUT2D eigenvalue weighted by Gasteiger charge is 2.68. The maximum Gasteiger partial charge on any atom is 0.0487 e. The Labute approximate surface area is 192 Å². The Balaban J connectivity index is 1.55. The van der Waals surface area contributed by atoms with E-state index >= 15 is 0 Å². The van der Waals surface area contributed by atoms with Gasteiger partial charge in [0, 0.05) is 6.61 Å². The van der Waals surface area contributed by atoms with E-state index in [0.29, 0.717) is 34.2 Å². The summed E-state index contributed by atoms with van der Waals surface area (Å²) in [5.74, 6) is 4.08. The fourth-order valence-electron chi connectivity index (χ4n) is 11.3. The van der Waals surface area contributed by atoms with Crippen LogP contribution < -0.4 is 0 Å². The molecule has 0 amide bonds. The molecular weight excluding hydrogens is 376 g/mol. The van der Waals surface area contributed by atoms with Crippen molar-refractivity contribution in [2.45, 2.75) is 113 Å². The zero-order chi connectivity index (χ0) is 22.4. The Hall–Kier alpha value is -0.300. The molecule has 1 nitrogen and oxygen atoms in total. The number of hydrogen-bond donors (Lipinski definition) is 1. The molecule has 5 rings (SSSR count).